The van der Waals surface area contributed by atoms with Gasteiger partial charge in [0.05, 0.1) is 26.1 Å². The molecule has 6 nitrogen and oxygen atoms in total. The lowest BCUT2D eigenvalue weighted by atomic mass is 9.82. The van der Waals surface area contributed by atoms with Crippen LogP contribution in [0.3, 0.4) is 0 Å². The van der Waals surface area contributed by atoms with Gasteiger partial charge in [-0.05, 0) is 63.1 Å². The minimum absolute atomic E-state index is 0.0184. The third-order valence-electron chi connectivity index (χ3n) is 5.78. The molecule has 28 heavy (non-hydrogen) atoms. The van der Waals surface area contributed by atoms with Crippen molar-refractivity contribution in [1.82, 2.24) is 10.0 Å². The fraction of sp³-hybridized carbons (Fsp3) is 0.700. The molecule has 1 heterocycles. The lowest BCUT2D eigenvalue weighted by Gasteiger charge is -2.35. The smallest absolute Gasteiger partial charge is 0.209 e. The topological polar surface area (TPSA) is 76.7 Å². The van der Waals surface area contributed by atoms with E-state index in [1.165, 1.54) is 6.26 Å². The Morgan fingerprint density at radius 1 is 1.21 bits per heavy atom. The number of benzene rings is 1. The van der Waals surface area contributed by atoms with Crippen LogP contribution in [-0.4, -0.2) is 53.1 Å². The average molecular weight is 431 g/mol. The number of hydrogen-bond acceptors (Lipinski definition) is 5. The molecule has 0 amide bonds. The molecule has 158 valence electrons. The molecule has 8 heteroatoms. The van der Waals surface area contributed by atoms with E-state index in [2.05, 4.69) is 10.0 Å². The normalized spacial score (nSPS) is 28.8. The zero-order chi connectivity index (χ0) is 20.1. The summed E-state index contributed by atoms with van der Waals surface area (Å²) in [6.45, 7) is 1.42. The number of rotatable bonds is 7. The second-order valence-corrected chi connectivity index (χ2v) is 10.0. The van der Waals surface area contributed by atoms with Crippen LogP contribution in [0.2, 0.25) is 5.02 Å². The van der Waals surface area contributed by atoms with Gasteiger partial charge in [0.2, 0.25) is 10.0 Å². The summed E-state index contributed by atoms with van der Waals surface area (Å²) < 4.78 is 37.6. The number of methoxy groups -OCH3 is 1. The van der Waals surface area contributed by atoms with Crippen LogP contribution in [-0.2, 0) is 14.8 Å². The van der Waals surface area contributed by atoms with Crippen molar-refractivity contribution in [3.8, 4) is 5.75 Å². The van der Waals surface area contributed by atoms with Crippen molar-refractivity contribution < 1.29 is 17.9 Å². The van der Waals surface area contributed by atoms with E-state index in [1.54, 1.807) is 7.11 Å². The summed E-state index contributed by atoms with van der Waals surface area (Å²) in [5.41, 5.74) is 1.11. The van der Waals surface area contributed by atoms with Gasteiger partial charge in [-0.25, -0.2) is 13.1 Å². The molecule has 0 unspecified atom stereocenters. The van der Waals surface area contributed by atoms with Crippen molar-refractivity contribution in [2.24, 2.45) is 0 Å². The van der Waals surface area contributed by atoms with E-state index >= 15 is 0 Å². The average Bonchev–Trinajstić information content (AvgIpc) is 2.66. The van der Waals surface area contributed by atoms with Crippen molar-refractivity contribution in [3.05, 3.63) is 28.8 Å². The maximum Gasteiger partial charge on any atom is 0.209 e. The molecular weight excluding hydrogens is 400 g/mol. The van der Waals surface area contributed by atoms with Crippen LogP contribution in [0.15, 0.2) is 18.2 Å². The van der Waals surface area contributed by atoms with Gasteiger partial charge in [0.15, 0.2) is 0 Å². The first-order valence-electron chi connectivity index (χ1n) is 10.0. The molecule has 2 atom stereocenters. The Balaban J connectivity index is 1.52. The molecule has 1 aliphatic carbocycles. The number of halogens is 1. The second-order valence-electron chi connectivity index (χ2n) is 7.86. The van der Waals surface area contributed by atoms with E-state index in [4.69, 9.17) is 21.1 Å². The van der Waals surface area contributed by atoms with E-state index in [0.717, 1.165) is 61.4 Å². The van der Waals surface area contributed by atoms with E-state index in [-0.39, 0.29) is 18.2 Å². The molecule has 1 aromatic carbocycles. The summed E-state index contributed by atoms with van der Waals surface area (Å²) >= 11 is 6.43. The summed E-state index contributed by atoms with van der Waals surface area (Å²) in [7, 11) is -1.54. The summed E-state index contributed by atoms with van der Waals surface area (Å²) in [4.78, 5) is 0. The van der Waals surface area contributed by atoms with Crippen molar-refractivity contribution in [1.29, 1.82) is 0 Å². The van der Waals surface area contributed by atoms with Gasteiger partial charge in [-0.1, -0.05) is 17.7 Å². The van der Waals surface area contributed by atoms with Crippen LogP contribution >= 0.6 is 11.6 Å². The first-order chi connectivity index (χ1) is 13.4. The van der Waals surface area contributed by atoms with E-state index in [1.807, 2.05) is 18.2 Å². The predicted octanol–water partition coefficient (Wildman–Crippen LogP) is 3.06. The predicted molar refractivity (Wildman–Crippen MR) is 112 cm³/mol. The number of piperidine rings is 1. The molecule has 0 spiro atoms. The Labute approximate surface area is 173 Å². The van der Waals surface area contributed by atoms with Gasteiger partial charge in [-0.2, -0.15) is 0 Å². The molecule has 3 rings (SSSR count). The van der Waals surface area contributed by atoms with Crippen LogP contribution in [0.25, 0.3) is 0 Å². The maximum absolute atomic E-state index is 11.6. The third-order valence-corrected chi connectivity index (χ3v) is 6.84. The molecule has 0 radical (unpaired) electrons. The molecule has 2 fully saturated rings. The number of nitrogens with one attached hydrogen (secondary N) is 2. The highest BCUT2D eigenvalue weighted by Gasteiger charge is 2.30. The highest BCUT2D eigenvalue weighted by molar-refractivity contribution is 7.88. The van der Waals surface area contributed by atoms with Gasteiger partial charge in [-0.3, -0.25) is 0 Å². The first kappa shape index (κ1) is 21.8. The summed E-state index contributed by atoms with van der Waals surface area (Å²) in [5, 5.41) is 4.17. The van der Waals surface area contributed by atoms with Crippen LogP contribution in [0, 0.1) is 0 Å². The quantitative estimate of drug-likeness (QED) is 0.695. The zero-order valence-electron chi connectivity index (χ0n) is 16.6. The molecule has 2 N–H and O–H groups in total. The fourth-order valence-electron chi connectivity index (χ4n) is 4.39. The molecule has 2 aliphatic rings. The molecule has 1 saturated heterocycles. The third kappa shape index (κ3) is 5.83. The Kier molecular flexibility index (Phi) is 7.61. The largest absolute Gasteiger partial charge is 0.496 e. The van der Waals surface area contributed by atoms with Gasteiger partial charge in [0.1, 0.15) is 5.75 Å². The highest BCUT2D eigenvalue weighted by atomic mass is 35.5. The van der Waals surface area contributed by atoms with Crippen molar-refractivity contribution in [3.63, 3.8) is 0 Å². The maximum atomic E-state index is 11.6. The Morgan fingerprint density at radius 3 is 2.64 bits per heavy atom. The van der Waals surface area contributed by atoms with Gasteiger partial charge in [-0.15, -0.1) is 0 Å². The van der Waals surface area contributed by atoms with E-state index < -0.39 is 10.0 Å². The molecule has 0 bridgehead atoms. The lowest BCUT2D eigenvalue weighted by Crippen LogP contribution is -2.55. The number of ether oxygens (including phenoxy) is 2. The van der Waals surface area contributed by atoms with E-state index in [9.17, 15) is 8.42 Å². The van der Waals surface area contributed by atoms with Crippen molar-refractivity contribution in [2.75, 3.05) is 26.5 Å². The van der Waals surface area contributed by atoms with Crippen LogP contribution in [0.1, 0.15) is 50.0 Å². The number of hydrogen-bond donors (Lipinski definition) is 2. The Morgan fingerprint density at radius 2 is 1.96 bits per heavy atom. The van der Waals surface area contributed by atoms with Crippen LogP contribution in [0.5, 0.6) is 5.75 Å². The number of sulfonamides is 1. The SMILES string of the molecule is COc1cccc(Cl)c1C1CCC(OC[C@@H]2NCCC[C@@H]2NS(C)(=O)=O)CC1. The van der Waals surface area contributed by atoms with Crippen LogP contribution < -0.4 is 14.8 Å². The Hall–Kier alpha value is -0.860. The van der Waals surface area contributed by atoms with Crippen molar-refractivity contribution in [2.45, 2.75) is 62.6 Å². The van der Waals surface area contributed by atoms with Gasteiger partial charge in [0.25, 0.3) is 0 Å². The highest BCUT2D eigenvalue weighted by Crippen LogP contribution is 2.41. The fourth-order valence-corrected chi connectivity index (χ4v) is 5.55. The Bertz CT molecular complexity index is 751. The van der Waals surface area contributed by atoms with Gasteiger partial charge in [0, 0.05) is 22.7 Å². The molecule has 0 aromatic heterocycles. The van der Waals surface area contributed by atoms with E-state index in [0.29, 0.717) is 12.5 Å². The zero-order valence-corrected chi connectivity index (χ0v) is 18.2. The lowest BCUT2D eigenvalue weighted by molar-refractivity contribution is 0.00513. The van der Waals surface area contributed by atoms with Gasteiger partial charge >= 0.3 is 0 Å². The molecular formula is C20H31ClN2O4S. The minimum atomic E-state index is -3.22. The molecule has 1 aliphatic heterocycles. The first-order valence-corrected chi connectivity index (χ1v) is 12.3. The van der Waals surface area contributed by atoms with Crippen molar-refractivity contribution >= 4 is 21.6 Å². The molecule has 1 saturated carbocycles. The summed E-state index contributed by atoms with van der Waals surface area (Å²) in [6.07, 6.45) is 7.17. The second kappa shape index (κ2) is 9.76. The van der Waals surface area contributed by atoms with Crippen LogP contribution in [0.4, 0.5) is 0 Å². The van der Waals surface area contributed by atoms with Gasteiger partial charge < -0.3 is 14.8 Å². The molecule has 1 aromatic rings. The monoisotopic (exact) mass is 430 g/mol. The summed E-state index contributed by atoms with van der Waals surface area (Å²) in [6, 6.07) is 5.72. The summed E-state index contributed by atoms with van der Waals surface area (Å²) in [5.74, 6) is 1.24. The standard InChI is InChI=1S/C20H31ClN2O4S/c1-26-19-7-3-5-16(21)20(19)14-8-10-15(11-9-14)27-13-18-17(6-4-12-22-18)23-28(2,24)25/h3,5,7,14-15,17-18,22-23H,4,6,8-13H2,1-2H3/t14?,15?,17-,18-/m0/s1. The minimum Gasteiger partial charge on any atom is -0.496 e.